The van der Waals surface area contributed by atoms with Crippen molar-refractivity contribution in [2.24, 2.45) is 0 Å². The molecule has 1 aromatic carbocycles. The first-order valence-electron chi connectivity index (χ1n) is 8.80. The van der Waals surface area contributed by atoms with Gasteiger partial charge in [-0.05, 0) is 25.2 Å². The number of anilines is 1. The molecule has 2 fully saturated rings. The number of piperazine rings is 2. The Hall–Kier alpha value is -2.12. The molecule has 0 bridgehead atoms. The Kier molecular flexibility index (Phi) is 5.55. The smallest absolute Gasteiger partial charge is 0.335 e. The van der Waals surface area contributed by atoms with Crippen LogP contribution in [0.3, 0.4) is 0 Å². The lowest BCUT2D eigenvalue weighted by atomic mass is 10.1. The number of hydrogen-bond acceptors (Lipinski definition) is 5. The Bertz CT molecular complexity index is 621. The zero-order valence-corrected chi connectivity index (χ0v) is 14.7. The Morgan fingerprint density at radius 1 is 1.00 bits per heavy atom. The van der Waals surface area contributed by atoms with Crippen molar-refractivity contribution in [2.75, 3.05) is 70.9 Å². The number of nitrogens with zero attached hydrogens (tertiary/aromatic N) is 4. The largest absolute Gasteiger partial charge is 0.478 e. The van der Waals surface area contributed by atoms with Crippen molar-refractivity contribution in [1.29, 1.82) is 0 Å². The Morgan fingerprint density at radius 3 is 2.32 bits per heavy atom. The summed E-state index contributed by atoms with van der Waals surface area (Å²) in [5.74, 6) is -0.716. The quantitative estimate of drug-likeness (QED) is 0.845. The van der Waals surface area contributed by atoms with Crippen molar-refractivity contribution in [1.82, 2.24) is 14.7 Å². The number of amides is 1. The van der Waals surface area contributed by atoms with Crippen molar-refractivity contribution in [3.05, 3.63) is 29.8 Å². The molecule has 2 aliphatic rings. The number of benzene rings is 1. The topological polar surface area (TPSA) is 67.3 Å². The SMILES string of the molecule is CN1CCN(CC(=O)N2CCN(c3cccc(C(=O)O)c3)CC2)CC1. The van der Waals surface area contributed by atoms with Gasteiger partial charge in [-0.3, -0.25) is 9.69 Å². The molecule has 136 valence electrons. The summed E-state index contributed by atoms with van der Waals surface area (Å²) in [6.07, 6.45) is 0. The molecule has 0 spiro atoms. The zero-order chi connectivity index (χ0) is 17.8. The van der Waals surface area contributed by atoms with E-state index in [1.807, 2.05) is 11.0 Å². The van der Waals surface area contributed by atoms with Crippen molar-refractivity contribution in [3.8, 4) is 0 Å². The summed E-state index contributed by atoms with van der Waals surface area (Å²) in [7, 11) is 2.11. The third-order valence-corrected chi connectivity index (χ3v) is 5.05. The summed E-state index contributed by atoms with van der Waals surface area (Å²) in [4.78, 5) is 32.2. The highest BCUT2D eigenvalue weighted by molar-refractivity contribution is 5.88. The highest BCUT2D eigenvalue weighted by atomic mass is 16.4. The molecule has 0 aromatic heterocycles. The minimum atomic E-state index is -0.914. The van der Waals surface area contributed by atoms with Gasteiger partial charge in [-0.25, -0.2) is 4.79 Å². The molecule has 7 nitrogen and oxygen atoms in total. The molecule has 2 aliphatic heterocycles. The third-order valence-electron chi connectivity index (χ3n) is 5.05. The number of carbonyl (C=O) groups excluding carboxylic acids is 1. The van der Waals surface area contributed by atoms with Gasteiger partial charge in [0.1, 0.15) is 0 Å². The molecule has 7 heteroatoms. The van der Waals surface area contributed by atoms with E-state index in [1.165, 1.54) is 0 Å². The molecule has 0 radical (unpaired) electrons. The van der Waals surface area contributed by atoms with Gasteiger partial charge in [-0.1, -0.05) is 6.07 Å². The second-order valence-electron chi connectivity index (χ2n) is 6.80. The number of likely N-dealkylation sites (N-methyl/N-ethyl adjacent to an activating group) is 1. The predicted molar refractivity (Wildman–Crippen MR) is 96.1 cm³/mol. The van der Waals surface area contributed by atoms with E-state index >= 15 is 0 Å². The molecule has 1 N–H and O–H groups in total. The van der Waals surface area contributed by atoms with Crippen LogP contribution < -0.4 is 4.90 Å². The lowest BCUT2D eigenvalue weighted by molar-refractivity contribution is -0.133. The van der Waals surface area contributed by atoms with Gasteiger partial charge in [0.15, 0.2) is 0 Å². The van der Waals surface area contributed by atoms with Crippen LogP contribution in [-0.2, 0) is 4.79 Å². The van der Waals surface area contributed by atoms with E-state index < -0.39 is 5.97 Å². The molecule has 1 amide bonds. The van der Waals surface area contributed by atoms with Crippen LogP contribution in [0.1, 0.15) is 10.4 Å². The van der Waals surface area contributed by atoms with Crippen molar-refractivity contribution in [2.45, 2.75) is 0 Å². The minimum absolute atomic E-state index is 0.198. The van der Waals surface area contributed by atoms with Crippen LogP contribution in [0.4, 0.5) is 5.69 Å². The summed E-state index contributed by atoms with van der Waals surface area (Å²) in [5, 5.41) is 9.12. The first-order valence-corrected chi connectivity index (χ1v) is 8.80. The molecule has 0 atom stereocenters. The molecule has 0 unspecified atom stereocenters. The van der Waals surface area contributed by atoms with Gasteiger partial charge in [0.2, 0.25) is 5.91 Å². The van der Waals surface area contributed by atoms with Crippen LogP contribution >= 0.6 is 0 Å². The highest BCUT2D eigenvalue weighted by Gasteiger charge is 2.24. The lowest BCUT2D eigenvalue weighted by Gasteiger charge is -2.38. The van der Waals surface area contributed by atoms with Gasteiger partial charge >= 0.3 is 5.97 Å². The number of carboxylic acids is 1. The monoisotopic (exact) mass is 346 g/mol. The van der Waals surface area contributed by atoms with Crippen LogP contribution in [0.15, 0.2) is 24.3 Å². The first-order chi connectivity index (χ1) is 12.0. The molecule has 2 heterocycles. The average Bonchev–Trinajstić information content (AvgIpc) is 2.64. The van der Waals surface area contributed by atoms with E-state index in [-0.39, 0.29) is 5.91 Å². The number of hydrogen-bond donors (Lipinski definition) is 1. The summed E-state index contributed by atoms with van der Waals surface area (Å²) < 4.78 is 0. The van der Waals surface area contributed by atoms with E-state index in [1.54, 1.807) is 18.2 Å². The fourth-order valence-electron chi connectivity index (χ4n) is 3.35. The van der Waals surface area contributed by atoms with Gasteiger partial charge in [0.05, 0.1) is 12.1 Å². The molecule has 0 saturated carbocycles. The van der Waals surface area contributed by atoms with Crippen molar-refractivity contribution in [3.63, 3.8) is 0 Å². The second-order valence-corrected chi connectivity index (χ2v) is 6.80. The van der Waals surface area contributed by atoms with Crippen LogP contribution in [0.25, 0.3) is 0 Å². The number of carboxylic acid groups (broad SMARTS) is 1. The predicted octanol–water partition coefficient (Wildman–Crippen LogP) is 0.281. The summed E-state index contributed by atoms with van der Waals surface area (Å²) in [6, 6.07) is 6.99. The molecule has 1 aromatic rings. The van der Waals surface area contributed by atoms with Crippen LogP contribution in [0, 0.1) is 0 Å². The standard InChI is InChI=1S/C18H26N4O3/c1-19-5-7-20(8-6-19)14-17(23)22-11-9-21(10-12-22)16-4-2-3-15(13-16)18(24)25/h2-4,13H,5-12,14H2,1H3,(H,24,25). The Balaban J connectivity index is 1.50. The van der Waals surface area contributed by atoms with E-state index in [9.17, 15) is 9.59 Å². The maximum atomic E-state index is 12.5. The van der Waals surface area contributed by atoms with E-state index in [0.29, 0.717) is 25.2 Å². The van der Waals surface area contributed by atoms with E-state index in [0.717, 1.165) is 45.0 Å². The summed E-state index contributed by atoms with van der Waals surface area (Å²) >= 11 is 0. The number of aromatic carboxylic acids is 1. The molecule has 25 heavy (non-hydrogen) atoms. The average molecular weight is 346 g/mol. The summed E-state index contributed by atoms with van der Waals surface area (Å²) in [5.41, 5.74) is 1.21. The number of carbonyl (C=O) groups is 2. The lowest BCUT2D eigenvalue weighted by Crippen LogP contribution is -2.53. The maximum Gasteiger partial charge on any atom is 0.335 e. The maximum absolute atomic E-state index is 12.5. The number of rotatable bonds is 4. The van der Waals surface area contributed by atoms with Gasteiger partial charge in [0, 0.05) is 58.0 Å². The van der Waals surface area contributed by atoms with E-state index in [2.05, 4.69) is 21.7 Å². The molecule has 3 rings (SSSR count). The van der Waals surface area contributed by atoms with Gasteiger partial charge in [-0.2, -0.15) is 0 Å². The summed E-state index contributed by atoms with van der Waals surface area (Å²) in [6.45, 7) is 7.27. The third kappa shape index (κ3) is 4.49. The first kappa shape index (κ1) is 17.7. The Morgan fingerprint density at radius 2 is 1.68 bits per heavy atom. The van der Waals surface area contributed by atoms with E-state index in [4.69, 9.17) is 5.11 Å². The van der Waals surface area contributed by atoms with Gasteiger partial charge < -0.3 is 19.8 Å². The molecule has 0 aliphatic carbocycles. The van der Waals surface area contributed by atoms with Gasteiger partial charge in [-0.15, -0.1) is 0 Å². The second kappa shape index (κ2) is 7.84. The van der Waals surface area contributed by atoms with Crippen molar-refractivity contribution >= 4 is 17.6 Å². The molecule has 2 saturated heterocycles. The van der Waals surface area contributed by atoms with Crippen LogP contribution in [-0.4, -0.2) is 97.6 Å². The van der Waals surface area contributed by atoms with Crippen LogP contribution in [0.5, 0.6) is 0 Å². The van der Waals surface area contributed by atoms with Gasteiger partial charge in [0.25, 0.3) is 0 Å². The molecular weight excluding hydrogens is 320 g/mol. The minimum Gasteiger partial charge on any atom is -0.478 e. The zero-order valence-electron chi connectivity index (χ0n) is 14.7. The Labute approximate surface area is 148 Å². The highest BCUT2D eigenvalue weighted by Crippen LogP contribution is 2.18. The molecular formula is C18H26N4O3. The fraction of sp³-hybridized carbons (Fsp3) is 0.556. The fourth-order valence-corrected chi connectivity index (χ4v) is 3.35. The van der Waals surface area contributed by atoms with Crippen molar-refractivity contribution < 1.29 is 14.7 Å². The normalized spacial score (nSPS) is 19.9. The van der Waals surface area contributed by atoms with Crippen LogP contribution in [0.2, 0.25) is 0 Å².